The Bertz CT molecular complexity index is 1380. The number of carbonyl (C=O) groups is 2. The monoisotopic (exact) mass is 427 g/mol. The second-order valence-electron chi connectivity index (χ2n) is 8.68. The van der Waals surface area contributed by atoms with Gasteiger partial charge in [0.2, 0.25) is 17.1 Å². The zero-order chi connectivity index (χ0) is 22.4. The first-order valence-corrected chi connectivity index (χ1v) is 11.0. The largest absolute Gasteiger partial charge is 0.618 e. The van der Waals surface area contributed by atoms with E-state index in [9.17, 15) is 14.8 Å². The average molecular weight is 428 g/mol. The first-order chi connectivity index (χ1) is 15.5. The Morgan fingerprint density at radius 2 is 1.59 bits per heavy atom. The maximum Gasteiger partial charge on any atom is 0.224 e. The molecule has 6 heteroatoms. The lowest BCUT2D eigenvalue weighted by Gasteiger charge is -2.19. The molecule has 6 nitrogen and oxygen atoms in total. The smallest absolute Gasteiger partial charge is 0.224 e. The number of ketones is 2. The molecule has 2 heterocycles. The predicted octanol–water partition coefficient (Wildman–Crippen LogP) is 3.94. The van der Waals surface area contributed by atoms with Crippen molar-refractivity contribution in [2.75, 3.05) is 20.6 Å². The lowest BCUT2D eigenvalue weighted by molar-refractivity contribution is -0.577. The van der Waals surface area contributed by atoms with Crippen molar-refractivity contribution in [3.8, 4) is 0 Å². The Morgan fingerprint density at radius 1 is 0.875 bits per heavy atom. The number of benzene rings is 2. The maximum atomic E-state index is 13.9. The van der Waals surface area contributed by atoms with Gasteiger partial charge in [0.15, 0.2) is 6.20 Å². The van der Waals surface area contributed by atoms with Crippen molar-refractivity contribution < 1.29 is 14.3 Å². The number of hydrogen-bond acceptors (Lipinski definition) is 4. The van der Waals surface area contributed by atoms with E-state index in [0.717, 1.165) is 36.7 Å². The number of aromatic nitrogens is 2. The fourth-order valence-corrected chi connectivity index (χ4v) is 4.82. The molecule has 2 aromatic heterocycles. The molecule has 5 rings (SSSR count). The van der Waals surface area contributed by atoms with E-state index < -0.39 is 0 Å². The van der Waals surface area contributed by atoms with E-state index >= 15 is 0 Å². The molecular weight excluding hydrogens is 402 g/mol. The summed E-state index contributed by atoms with van der Waals surface area (Å²) in [7, 11) is 4.13. The topological polar surface area (TPSA) is 69.2 Å². The number of rotatable bonds is 6. The van der Waals surface area contributed by atoms with Crippen LogP contribution in [0.3, 0.4) is 0 Å². The summed E-state index contributed by atoms with van der Waals surface area (Å²) in [4.78, 5) is 29.6. The maximum absolute atomic E-state index is 13.9. The van der Waals surface area contributed by atoms with Crippen LogP contribution in [0.15, 0.2) is 54.7 Å². The number of aryl methyl sites for hydroxylation is 1. The highest BCUT2D eigenvalue weighted by Gasteiger charge is 2.38. The molecule has 32 heavy (non-hydrogen) atoms. The highest BCUT2D eigenvalue weighted by atomic mass is 16.5. The first-order valence-electron chi connectivity index (χ1n) is 11.0. The van der Waals surface area contributed by atoms with Crippen molar-refractivity contribution in [1.29, 1.82) is 0 Å². The molecule has 0 atom stereocenters. The lowest BCUT2D eigenvalue weighted by Crippen LogP contribution is -2.33. The number of nitrogens with zero attached hydrogens (tertiary/aromatic N) is 3. The van der Waals surface area contributed by atoms with Crippen LogP contribution in [-0.4, -0.2) is 41.7 Å². The number of fused-ring (bicyclic) bond motifs is 6. The summed E-state index contributed by atoms with van der Waals surface area (Å²) >= 11 is 0. The number of pyridine rings is 1. The molecule has 1 aliphatic carbocycles. The lowest BCUT2D eigenvalue weighted by atomic mass is 9.85. The van der Waals surface area contributed by atoms with Crippen molar-refractivity contribution in [1.82, 2.24) is 9.47 Å². The second kappa shape index (κ2) is 7.88. The first kappa shape index (κ1) is 20.4. The number of carbonyl (C=O) groups excluding carboxylic acids is 2. The number of hydrogen-bond donors (Lipinski definition) is 0. The van der Waals surface area contributed by atoms with Gasteiger partial charge in [0, 0.05) is 23.5 Å². The summed E-state index contributed by atoms with van der Waals surface area (Å²) in [5.74, 6) is -0.441. The van der Waals surface area contributed by atoms with Crippen molar-refractivity contribution in [3.63, 3.8) is 0 Å². The van der Waals surface area contributed by atoms with Gasteiger partial charge in [-0.1, -0.05) is 36.8 Å². The third-order valence-corrected chi connectivity index (χ3v) is 6.30. The van der Waals surface area contributed by atoms with Crippen molar-refractivity contribution in [2.24, 2.45) is 0 Å². The quantitative estimate of drug-likeness (QED) is 0.234. The van der Waals surface area contributed by atoms with Gasteiger partial charge in [0.1, 0.15) is 5.69 Å². The Kier molecular flexibility index (Phi) is 5.02. The Morgan fingerprint density at radius 3 is 2.38 bits per heavy atom. The molecule has 1 aliphatic rings. The molecule has 4 aromatic rings. The Hall–Kier alpha value is -3.51. The van der Waals surface area contributed by atoms with Crippen LogP contribution >= 0.6 is 0 Å². The second-order valence-corrected chi connectivity index (χ2v) is 8.68. The van der Waals surface area contributed by atoms with Gasteiger partial charge in [0.05, 0.1) is 22.1 Å². The van der Waals surface area contributed by atoms with Gasteiger partial charge in [-0.2, -0.15) is 4.73 Å². The molecule has 0 fully saturated rings. The van der Waals surface area contributed by atoms with Crippen molar-refractivity contribution in [2.45, 2.75) is 25.8 Å². The van der Waals surface area contributed by atoms with E-state index in [-0.39, 0.29) is 17.1 Å². The van der Waals surface area contributed by atoms with Crippen LogP contribution in [0, 0.1) is 5.21 Å². The van der Waals surface area contributed by atoms with E-state index in [1.807, 2.05) is 28.8 Å². The third kappa shape index (κ3) is 3.10. The van der Waals surface area contributed by atoms with Gasteiger partial charge in [-0.25, -0.2) is 0 Å². The van der Waals surface area contributed by atoms with E-state index in [1.54, 1.807) is 24.3 Å². The fourth-order valence-electron chi connectivity index (χ4n) is 4.82. The SMILES string of the molecule is CN(C)CCCCCn1c2c(c3ccccc31)C(=O)c1c[n+]([O-])c3ccccc3c1C2=O. The molecule has 0 spiro atoms. The summed E-state index contributed by atoms with van der Waals surface area (Å²) < 4.78 is 2.70. The molecular formula is C26H25N3O3. The number of unbranched alkanes of at least 4 members (excludes halogenated alkanes) is 2. The Labute approximate surface area is 186 Å². The molecule has 162 valence electrons. The molecule has 0 amide bonds. The van der Waals surface area contributed by atoms with E-state index in [1.165, 1.54) is 6.20 Å². The van der Waals surface area contributed by atoms with Gasteiger partial charge in [-0.15, -0.1) is 0 Å². The van der Waals surface area contributed by atoms with Gasteiger partial charge in [-0.05, 0) is 45.6 Å². The van der Waals surface area contributed by atoms with Crippen LogP contribution in [0.25, 0.3) is 21.8 Å². The normalized spacial score (nSPS) is 13.2. The summed E-state index contributed by atoms with van der Waals surface area (Å²) in [5, 5.41) is 13.9. The molecule has 0 saturated heterocycles. The average Bonchev–Trinajstić information content (AvgIpc) is 3.12. The van der Waals surface area contributed by atoms with E-state index in [4.69, 9.17) is 0 Å². The van der Waals surface area contributed by atoms with Gasteiger partial charge in [-0.3, -0.25) is 9.59 Å². The third-order valence-electron chi connectivity index (χ3n) is 6.30. The minimum absolute atomic E-state index is 0.184. The minimum atomic E-state index is -0.257. The zero-order valence-electron chi connectivity index (χ0n) is 18.3. The van der Waals surface area contributed by atoms with Crippen LogP contribution in [0.2, 0.25) is 0 Å². The molecule has 2 aromatic carbocycles. The summed E-state index contributed by atoms with van der Waals surface area (Å²) in [6.07, 6.45) is 4.30. The van der Waals surface area contributed by atoms with Crippen LogP contribution < -0.4 is 4.73 Å². The highest BCUT2D eigenvalue weighted by molar-refractivity contribution is 6.34. The Balaban J connectivity index is 1.66. The molecule has 0 radical (unpaired) electrons. The summed E-state index contributed by atoms with van der Waals surface area (Å²) in [6, 6.07) is 14.6. The molecule has 0 unspecified atom stereocenters. The van der Waals surface area contributed by atoms with Crippen LogP contribution in [0.1, 0.15) is 51.2 Å². The van der Waals surface area contributed by atoms with Gasteiger partial charge in [0.25, 0.3) is 0 Å². The van der Waals surface area contributed by atoms with Gasteiger partial charge >= 0.3 is 0 Å². The molecule has 0 aliphatic heterocycles. The highest BCUT2D eigenvalue weighted by Crippen LogP contribution is 2.37. The van der Waals surface area contributed by atoms with Gasteiger partial charge < -0.3 is 14.7 Å². The summed E-state index contributed by atoms with van der Waals surface area (Å²) in [6.45, 7) is 1.69. The molecule has 0 saturated carbocycles. The van der Waals surface area contributed by atoms with Crippen molar-refractivity contribution in [3.05, 3.63) is 82.3 Å². The van der Waals surface area contributed by atoms with Crippen molar-refractivity contribution >= 4 is 33.4 Å². The number of para-hydroxylation sites is 2. The molecule has 0 N–H and O–H groups in total. The van der Waals surface area contributed by atoms with Crippen LogP contribution in [0.4, 0.5) is 0 Å². The minimum Gasteiger partial charge on any atom is -0.618 e. The molecule has 0 bridgehead atoms. The van der Waals surface area contributed by atoms with Crippen LogP contribution in [0.5, 0.6) is 0 Å². The fraction of sp³-hybridized carbons (Fsp3) is 0.269. The summed E-state index contributed by atoms with van der Waals surface area (Å²) in [5.41, 5.74) is 2.67. The van der Waals surface area contributed by atoms with E-state index in [0.29, 0.717) is 39.0 Å². The standard InChI is InChI=1S/C26H25N3O3/c1-27(2)14-8-3-9-15-28-20-12-6-4-10-17(20)23-24(28)26(31)22-18-11-5-7-13-21(18)29(32)16-19(22)25(23)30/h4-7,10-13,16H,3,8-9,14-15H2,1-2H3. The van der Waals surface area contributed by atoms with Crippen LogP contribution in [-0.2, 0) is 6.54 Å². The predicted molar refractivity (Wildman–Crippen MR) is 124 cm³/mol. The zero-order valence-corrected chi connectivity index (χ0v) is 18.3. The van der Waals surface area contributed by atoms with E-state index in [2.05, 4.69) is 19.0 Å².